The molecular weight excluding hydrogens is 340 g/mol. The van der Waals surface area contributed by atoms with E-state index in [0.717, 1.165) is 25.8 Å². The van der Waals surface area contributed by atoms with Gasteiger partial charge in [-0.3, -0.25) is 0 Å². The van der Waals surface area contributed by atoms with E-state index < -0.39 is 11.9 Å². The lowest BCUT2D eigenvalue weighted by Crippen LogP contribution is -2.45. The number of methoxy groups -OCH3 is 2. The zero-order chi connectivity index (χ0) is 18.4. The Morgan fingerprint density at radius 2 is 1.96 bits per heavy atom. The van der Waals surface area contributed by atoms with Crippen molar-refractivity contribution >= 4 is 35.0 Å². The Hall–Kier alpha value is -2.15. The van der Waals surface area contributed by atoms with Crippen molar-refractivity contribution in [2.75, 3.05) is 26.1 Å². The van der Waals surface area contributed by atoms with Gasteiger partial charge >= 0.3 is 11.9 Å². The van der Waals surface area contributed by atoms with Crippen molar-refractivity contribution in [3.63, 3.8) is 0 Å². The molecule has 0 saturated carbocycles. The third kappa shape index (κ3) is 4.48. The van der Waals surface area contributed by atoms with E-state index in [9.17, 15) is 9.59 Å². The van der Waals surface area contributed by atoms with Gasteiger partial charge in [-0.25, -0.2) is 9.59 Å². The second kappa shape index (κ2) is 8.80. The van der Waals surface area contributed by atoms with Gasteiger partial charge in [0, 0.05) is 12.6 Å². The summed E-state index contributed by atoms with van der Waals surface area (Å²) in [4.78, 5) is 26.0. The average molecular weight is 364 g/mol. The van der Waals surface area contributed by atoms with E-state index in [1.807, 2.05) is 0 Å². The standard InChI is InChI=1S/C18H24N2O4S/c1-4-13-7-5-6-10-20(13)18(25)19-15-11-12(16(21)23-2)8-9-14(15)17(22)24-3/h8-9,11,13H,4-7,10H2,1-3H3,(H,19,25)/t13-/m1/s1. The normalized spacial score (nSPS) is 16.9. The summed E-state index contributed by atoms with van der Waals surface area (Å²) >= 11 is 5.57. The molecule has 1 fully saturated rings. The zero-order valence-corrected chi connectivity index (χ0v) is 15.6. The molecule has 0 amide bonds. The summed E-state index contributed by atoms with van der Waals surface area (Å²) in [6, 6.07) is 5.02. The fourth-order valence-electron chi connectivity index (χ4n) is 3.06. The van der Waals surface area contributed by atoms with Gasteiger partial charge in [0.15, 0.2) is 5.11 Å². The molecule has 0 unspecified atom stereocenters. The Labute approximate surface area is 153 Å². The zero-order valence-electron chi connectivity index (χ0n) is 14.8. The van der Waals surface area contributed by atoms with Crippen molar-refractivity contribution in [3.05, 3.63) is 29.3 Å². The van der Waals surface area contributed by atoms with Crippen LogP contribution in [0.1, 0.15) is 53.3 Å². The summed E-state index contributed by atoms with van der Waals surface area (Å²) in [7, 11) is 2.63. The summed E-state index contributed by atoms with van der Waals surface area (Å²) in [5.41, 5.74) is 1.11. The molecule has 0 aliphatic carbocycles. The van der Waals surface area contributed by atoms with Crippen LogP contribution in [0.25, 0.3) is 0 Å². The summed E-state index contributed by atoms with van der Waals surface area (Å²) in [6.45, 7) is 3.03. The number of hydrogen-bond acceptors (Lipinski definition) is 5. The average Bonchev–Trinajstić information content (AvgIpc) is 2.66. The highest BCUT2D eigenvalue weighted by Gasteiger charge is 2.24. The molecule has 1 heterocycles. The van der Waals surface area contributed by atoms with Crippen LogP contribution in [-0.4, -0.2) is 48.8 Å². The summed E-state index contributed by atoms with van der Waals surface area (Å²) in [5.74, 6) is -0.970. The van der Waals surface area contributed by atoms with Crippen molar-refractivity contribution in [2.24, 2.45) is 0 Å². The maximum atomic E-state index is 12.0. The highest BCUT2D eigenvalue weighted by Crippen LogP contribution is 2.24. The van der Waals surface area contributed by atoms with Crippen molar-refractivity contribution in [2.45, 2.75) is 38.6 Å². The fourth-order valence-corrected chi connectivity index (χ4v) is 3.41. The number of esters is 2. The molecule has 136 valence electrons. The van der Waals surface area contributed by atoms with Crippen molar-refractivity contribution < 1.29 is 19.1 Å². The molecule has 1 atom stereocenters. The molecule has 1 saturated heterocycles. The number of ether oxygens (including phenoxy) is 2. The van der Waals surface area contributed by atoms with Crippen molar-refractivity contribution in [1.82, 2.24) is 4.90 Å². The smallest absolute Gasteiger partial charge is 0.339 e. The van der Waals surface area contributed by atoms with Crippen molar-refractivity contribution in [3.8, 4) is 0 Å². The van der Waals surface area contributed by atoms with Crippen LogP contribution in [0.3, 0.4) is 0 Å². The minimum atomic E-state index is -0.493. The number of benzene rings is 1. The molecule has 2 rings (SSSR count). The molecule has 1 aromatic carbocycles. The van der Waals surface area contributed by atoms with E-state index in [1.54, 1.807) is 6.07 Å². The van der Waals surface area contributed by atoms with E-state index in [0.29, 0.717) is 28.0 Å². The van der Waals surface area contributed by atoms with Gasteiger partial charge in [0.25, 0.3) is 0 Å². The van der Waals surface area contributed by atoms with Crippen LogP contribution in [-0.2, 0) is 9.47 Å². The van der Waals surface area contributed by atoms with E-state index in [-0.39, 0.29) is 0 Å². The number of hydrogen-bond donors (Lipinski definition) is 1. The van der Waals surface area contributed by atoms with E-state index in [4.69, 9.17) is 21.7 Å². The maximum absolute atomic E-state index is 12.0. The molecule has 0 radical (unpaired) electrons. The fraction of sp³-hybridized carbons (Fsp3) is 0.500. The third-order valence-corrected chi connectivity index (χ3v) is 4.78. The number of nitrogens with one attached hydrogen (secondary N) is 1. The lowest BCUT2D eigenvalue weighted by molar-refractivity contribution is 0.0587. The molecule has 1 aliphatic rings. The quantitative estimate of drug-likeness (QED) is 0.650. The minimum Gasteiger partial charge on any atom is -0.465 e. The molecule has 0 bridgehead atoms. The van der Waals surface area contributed by atoms with Gasteiger partial charge < -0.3 is 19.7 Å². The molecule has 1 N–H and O–H groups in total. The number of piperidine rings is 1. The molecular formula is C18H24N2O4S. The number of likely N-dealkylation sites (tertiary alicyclic amines) is 1. The van der Waals surface area contributed by atoms with Crippen LogP contribution in [0, 0.1) is 0 Å². The predicted molar refractivity (Wildman–Crippen MR) is 100.0 cm³/mol. The molecule has 0 spiro atoms. The van der Waals surface area contributed by atoms with Crippen LogP contribution in [0.5, 0.6) is 0 Å². The minimum absolute atomic E-state index is 0.322. The molecule has 1 aromatic rings. The Kier molecular flexibility index (Phi) is 6.75. The largest absolute Gasteiger partial charge is 0.465 e. The van der Waals surface area contributed by atoms with E-state index >= 15 is 0 Å². The molecule has 0 aromatic heterocycles. The Morgan fingerprint density at radius 3 is 2.60 bits per heavy atom. The molecule has 6 nitrogen and oxygen atoms in total. The number of thiocarbonyl (C=S) groups is 1. The monoisotopic (exact) mass is 364 g/mol. The van der Waals surface area contributed by atoms with Gasteiger partial charge in [-0.05, 0) is 56.1 Å². The van der Waals surface area contributed by atoms with Crippen LogP contribution < -0.4 is 5.32 Å². The second-order valence-corrected chi connectivity index (χ2v) is 6.31. The number of rotatable bonds is 4. The first-order chi connectivity index (χ1) is 12.0. The Morgan fingerprint density at radius 1 is 1.24 bits per heavy atom. The number of anilines is 1. The van der Waals surface area contributed by atoms with Gasteiger partial charge in [0.2, 0.25) is 0 Å². The number of nitrogens with zero attached hydrogens (tertiary/aromatic N) is 1. The first-order valence-corrected chi connectivity index (χ1v) is 8.81. The Bertz CT molecular complexity index is 662. The summed E-state index contributed by atoms with van der Waals surface area (Å²) in [6.07, 6.45) is 4.39. The lowest BCUT2D eigenvalue weighted by atomic mass is 10.0. The predicted octanol–water partition coefficient (Wildman–Crippen LogP) is 3.22. The van der Waals surface area contributed by atoms with Gasteiger partial charge in [-0.2, -0.15) is 0 Å². The number of carbonyl (C=O) groups is 2. The maximum Gasteiger partial charge on any atom is 0.339 e. The highest BCUT2D eigenvalue weighted by molar-refractivity contribution is 7.80. The molecule has 1 aliphatic heterocycles. The lowest BCUT2D eigenvalue weighted by Gasteiger charge is -2.37. The van der Waals surface area contributed by atoms with Gasteiger partial charge in [0.1, 0.15) is 0 Å². The van der Waals surface area contributed by atoms with Crippen LogP contribution in [0.2, 0.25) is 0 Å². The van der Waals surface area contributed by atoms with Crippen LogP contribution >= 0.6 is 12.2 Å². The number of carbonyl (C=O) groups excluding carboxylic acids is 2. The topological polar surface area (TPSA) is 67.9 Å². The second-order valence-electron chi connectivity index (χ2n) is 5.92. The third-order valence-electron chi connectivity index (χ3n) is 4.45. The summed E-state index contributed by atoms with van der Waals surface area (Å²) in [5, 5.41) is 3.68. The van der Waals surface area contributed by atoms with Gasteiger partial charge in [0.05, 0.1) is 31.0 Å². The van der Waals surface area contributed by atoms with Crippen molar-refractivity contribution in [1.29, 1.82) is 0 Å². The van der Waals surface area contributed by atoms with E-state index in [2.05, 4.69) is 17.1 Å². The first kappa shape index (κ1) is 19.2. The Balaban J connectivity index is 2.30. The highest BCUT2D eigenvalue weighted by atomic mass is 32.1. The van der Waals surface area contributed by atoms with Gasteiger partial charge in [-0.15, -0.1) is 0 Å². The molecule has 7 heteroatoms. The summed E-state index contributed by atoms with van der Waals surface area (Å²) < 4.78 is 9.57. The van der Waals surface area contributed by atoms with Crippen LogP contribution in [0.4, 0.5) is 5.69 Å². The molecule has 25 heavy (non-hydrogen) atoms. The SMILES string of the molecule is CC[C@@H]1CCCCN1C(=S)Nc1cc(C(=O)OC)ccc1C(=O)OC. The first-order valence-electron chi connectivity index (χ1n) is 8.40. The van der Waals surface area contributed by atoms with E-state index in [1.165, 1.54) is 32.8 Å². The van der Waals surface area contributed by atoms with Crippen LogP contribution in [0.15, 0.2) is 18.2 Å². The van der Waals surface area contributed by atoms with Gasteiger partial charge in [-0.1, -0.05) is 6.92 Å².